The van der Waals surface area contributed by atoms with Crippen molar-refractivity contribution in [1.29, 1.82) is 0 Å². The van der Waals surface area contributed by atoms with Crippen molar-refractivity contribution in [2.45, 2.75) is 32.8 Å². The Morgan fingerprint density at radius 3 is 2.81 bits per heavy atom. The molecule has 1 aromatic heterocycles. The summed E-state index contributed by atoms with van der Waals surface area (Å²) in [5.41, 5.74) is 1.67. The molecule has 0 N–H and O–H groups in total. The molecule has 1 fully saturated rings. The fourth-order valence-electron chi connectivity index (χ4n) is 1.59. The maximum atomic E-state index is 5.95. The third kappa shape index (κ3) is 2.62. The van der Waals surface area contributed by atoms with Crippen molar-refractivity contribution in [2.24, 2.45) is 0 Å². The second-order valence-corrected chi connectivity index (χ2v) is 4.29. The average Bonchev–Trinajstić information content (AvgIpc) is 2.74. The Morgan fingerprint density at radius 1 is 1.38 bits per heavy atom. The lowest BCUT2D eigenvalue weighted by molar-refractivity contribution is 0.0661. The van der Waals surface area contributed by atoms with Crippen molar-refractivity contribution in [2.75, 3.05) is 13.2 Å². The number of hydrogen-bond donors (Lipinski definition) is 0. The molecule has 2 rings (SSSR count). The van der Waals surface area contributed by atoms with E-state index in [0.29, 0.717) is 17.6 Å². The Bertz CT molecular complexity index is 378. The van der Waals surface area contributed by atoms with E-state index < -0.39 is 0 Å². The zero-order valence-electron chi connectivity index (χ0n) is 9.49. The average molecular weight is 243 g/mol. The highest BCUT2D eigenvalue weighted by Crippen LogP contribution is 2.22. The van der Waals surface area contributed by atoms with Crippen LogP contribution in [-0.4, -0.2) is 29.3 Å². The zero-order valence-corrected chi connectivity index (χ0v) is 10.3. The summed E-state index contributed by atoms with van der Waals surface area (Å²) < 4.78 is 11.0. The quantitative estimate of drug-likeness (QED) is 0.816. The van der Waals surface area contributed by atoms with Crippen LogP contribution in [0.15, 0.2) is 0 Å². The molecular formula is C11H15ClN2O2. The Kier molecular flexibility index (Phi) is 3.61. The maximum absolute atomic E-state index is 5.95. The second-order valence-electron chi connectivity index (χ2n) is 3.94. The molecule has 0 saturated carbocycles. The van der Waals surface area contributed by atoms with E-state index in [1.165, 1.54) is 0 Å². The van der Waals surface area contributed by atoms with Crippen LogP contribution in [0.2, 0.25) is 5.15 Å². The van der Waals surface area contributed by atoms with Crippen LogP contribution >= 0.6 is 11.6 Å². The lowest BCUT2D eigenvalue weighted by Gasteiger charge is -2.12. The molecule has 1 saturated heterocycles. The molecule has 2 heterocycles. The number of aryl methyl sites for hydroxylation is 2. The number of hydrogen-bond acceptors (Lipinski definition) is 4. The first kappa shape index (κ1) is 11.6. The Morgan fingerprint density at radius 2 is 2.12 bits per heavy atom. The van der Waals surface area contributed by atoms with Gasteiger partial charge in [0.05, 0.1) is 17.5 Å². The molecule has 1 aliphatic heterocycles. The van der Waals surface area contributed by atoms with Crippen LogP contribution in [0.4, 0.5) is 0 Å². The fraction of sp³-hybridized carbons (Fsp3) is 0.636. The summed E-state index contributed by atoms with van der Waals surface area (Å²) in [6.07, 6.45) is 2.30. The van der Waals surface area contributed by atoms with Gasteiger partial charge in [0.1, 0.15) is 6.61 Å². The predicted molar refractivity (Wildman–Crippen MR) is 61.0 cm³/mol. The smallest absolute Gasteiger partial charge is 0.252 e. The van der Waals surface area contributed by atoms with Gasteiger partial charge in [-0.15, -0.1) is 0 Å². The van der Waals surface area contributed by atoms with Gasteiger partial charge in [-0.3, -0.25) is 0 Å². The molecule has 0 bridgehead atoms. The molecule has 4 nitrogen and oxygen atoms in total. The molecule has 16 heavy (non-hydrogen) atoms. The number of halogens is 1. The van der Waals surface area contributed by atoms with Gasteiger partial charge in [-0.2, -0.15) is 0 Å². The topological polar surface area (TPSA) is 44.2 Å². The third-order valence-corrected chi connectivity index (χ3v) is 2.91. The van der Waals surface area contributed by atoms with E-state index in [2.05, 4.69) is 9.97 Å². The molecule has 0 spiro atoms. The van der Waals surface area contributed by atoms with E-state index in [9.17, 15) is 0 Å². The number of rotatable bonds is 3. The first-order valence-corrected chi connectivity index (χ1v) is 5.80. The lowest BCUT2D eigenvalue weighted by Crippen LogP contribution is -2.17. The number of nitrogens with zero attached hydrogens (tertiary/aromatic N) is 2. The lowest BCUT2D eigenvalue weighted by atomic mass is 10.2. The fourth-order valence-corrected chi connectivity index (χ4v) is 1.82. The van der Waals surface area contributed by atoms with Crippen molar-refractivity contribution in [1.82, 2.24) is 9.97 Å². The molecule has 1 unspecified atom stereocenters. The van der Waals surface area contributed by atoms with Gasteiger partial charge in [-0.25, -0.2) is 9.97 Å². The maximum Gasteiger partial charge on any atom is 0.252 e. The van der Waals surface area contributed by atoms with Gasteiger partial charge in [-0.05, 0) is 26.7 Å². The van der Waals surface area contributed by atoms with E-state index in [1.54, 1.807) is 0 Å². The molecule has 0 aliphatic carbocycles. The molecule has 1 aliphatic rings. The van der Waals surface area contributed by atoms with Crippen molar-refractivity contribution >= 4 is 11.6 Å². The Balaban J connectivity index is 2.00. The molecule has 0 aromatic carbocycles. The van der Waals surface area contributed by atoms with E-state index in [-0.39, 0.29) is 6.10 Å². The first-order chi connectivity index (χ1) is 7.66. The van der Waals surface area contributed by atoms with Gasteiger partial charge in [-0.1, -0.05) is 11.6 Å². The summed E-state index contributed by atoms with van der Waals surface area (Å²) >= 11 is 5.95. The Labute approximate surface area is 99.9 Å². The van der Waals surface area contributed by atoms with Gasteiger partial charge in [0, 0.05) is 6.61 Å². The second kappa shape index (κ2) is 4.97. The van der Waals surface area contributed by atoms with Gasteiger partial charge in [0.25, 0.3) is 5.88 Å². The highest BCUT2D eigenvalue weighted by atomic mass is 35.5. The highest BCUT2D eigenvalue weighted by Gasteiger charge is 2.17. The predicted octanol–water partition coefficient (Wildman–Crippen LogP) is 2.30. The van der Waals surface area contributed by atoms with Crippen LogP contribution < -0.4 is 4.74 Å². The summed E-state index contributed by atoms with van der Waals surface area (Å²) in [6, 6.07) is 0. The zero-order chi connectivity index (χ0) is 11.5. The van der Waals surface area contributed by atoms with Crippen LogP contribution in [0.1, 0.15) is 24.2 Å². The van der Waals surface area contributed by atoms with Crippen LogP contribution in [0, 0.1) is 13.8 Å². The Hall–Kier alpha value is -0.870. The number of aromatic nitrogens is 2. The largest absolute Gasteiger partial charge is 0.473 e. The standard InChI is InChI=1S/C11H15ClN2O2/c1-7-8(2)14-11(10(12)13-7)16-6-9-4-3-5-15-9/h9H,3-6H2,1-2H3. The van der Waals surface area contributed by atoms with Crippen LogP contribution in [-0.2, 0) is 4.74 Å². The van der Waals surface area contributed by atoms with E-state index in [0.717, 1.165) is 30.8 Å². The van der Waals surface area contributed by atoms with Gasteiger partial charge < -0.3 is 9.47 Å². The summed E-state index contributed by atoms with van der Waals surface area (Å²) in [5.74, 6) is 0.403. The minimum Gasteiger partial charge on any atom is -0.473 e. The molecule has 0 amide bonds. The van der Waals surface area contributed by atoms with E-state index in [4.69, 9.17) is 21.1 Å². The molecular weight excluding hydrogens is 228 g/mol. The van der Waals surface area contributed by atoms with Crippen molar-refractivity contribution in [3.63, 3.8) is 0 Å². The van der Waals surface area contributed by atoms with Crippen LogP contribution in [0.3, 0.4) is 0 Å². The summed E-state index contributed by atoms with van der Waals surface area (Å²) in [5, 5.41) is 0.320. The van der Waals surface area contributed by atoms with Crippen LogP contribution in [0.25, 0.3) is 0 Å². The van der Waals surface area contributed by atoms with E-state index >= 15 is 0 Å². The third-order valence-electron chi connectivity index (χ3n) is 2.67. The normalized spacial score (nSPS) is 20.1. The van der Waals surface area contributed by atoms with Gasteiger partial charge in [0.15, 0.2) is 5.15 Å². The minimum absolute atomic E-state index is 0.166. The SMILES string of the molecule is Cc1nc(Cl)c(OCC2CCCO2)nc1C. The summed E-state index contributed by atoms with van der Waals surface area (Å²) in [6.45, 7) is 5.08. The monoisotopic (exact) mass is 242 g/mol. The summed E-state index contributed by atoms with van der Waals surface area (Å²) in [4.78, 5) is 8.42. The minimum atomic E-state index is 0.166. The van der Waals surface area contributed by atoms with Gasteiger partial charge >= 0.3 is 0 Å². The molecule has 5 heteroatoms. The molecule has 1 aromatic rings. The van der Waals surface area contributed by atoms with Crippen molar-refractivity contribution in [3.05, 3.63) is 16.5 Å². The van der Waals surface area contributed by atoms with Crippen molar-refractivity contribution < 1.29 is 9.47 Å². The molecule has 88 valence electrons. The van der Waals surface area contributed by atoms with Crippen LogP contribution in [0.5, 0.6) is 5.88 Å². The summed E-state index contributed by atoms with van der Waals surface area (Å²) in [7, 11) is 0. The molecule has 1 atom stereocenters. The molecule has 0 radical (unpaired) electrons. The highest BCUT2D eigenvalue weighted by molar-refractivity contribution is 6.30. The first-order valence-electron chi connectivity index (χ1n) is 5.42. The van der Waals surface area contributed by atoms with E-state index in [1.807, 2.05) is 13.8 Å². The van der Waals surface area contributed by atoms with Gasteiger partial charge in [0.2, 0.25) is 0 Å². The number of ether oxygens (including phenoxy) is 2. The van der Waals surface area contributed by atoms with Crippen molar-refractivity contribution in [3.8, 4) is 5.88 Å².